The van der Waals surface area contributed by atoms with Crippen molar-refractivity contribution in [3.8, 4) is 0 Å². The highest BCUT2D eigenvalue weighted by Crippen LogP contribution is 2.29. The molecule has 33 heavy (non-hydrogen) atoms. The van der Waals surface area contributed by atoms with Crippen molar-refractivity contribution < 1.29 is 18.0 Å². The lowest BCUT2D eigenvalue weighted by molar-refractivity contribution is -0.137. The van der Waals surface area contributed by atoms with Crippen molar-refractivity contribution in [2.45, 2.75) is 45.5 Å². The molecule has 0 aliphatic heterocycles. The number of halogens is 4. The molecule has 0 saturated carbocycles. The van der Waals surface area contributed by atoms with Gasteiger partial charge in [-0.3, -0.25) is 0 Å². The molecule has 8 heteroatoms. The van der Waals surface area contributed by atoms with Gasteiger partial charge in [0.2, 0.25) is 0 Å². The Labute approximate surface area is 197 Å². The highest BCUT2D eigenvalue weighted by atomic mass is 35.5. The van der Waals surface area contributed by atoms with Gasteiger partial charge in [-0.05, 0) is 60.5 Å². The summed E-state index contributed by atoms with van der Waals surface area (Å²) < 4.78 is 41.1. The Hall–Kier alpha value is -2.93. The summed E-state index contributed by atoms with van der Waals surface area (Å²) in [5.74, 6) is 0. The molecule has 0 radical (unpaired) electrons. The summed E-state index contributed by atoms with van der Waals surface area (Å²) in [6.45, 7) is 3.29. The minimum atomic E-state index is -4.38. The Morgan fingerprint density at radius 2 is 1.82 bits per heavy atom. The maximum Gasteiger partial charge on any atom is 0.416 e. The Kier molecular flexibility index (Phi) is 8.44. The van der Waals surface area contributed by atoms with Gasteiger partial charge in [0.05, 0.1) is 12.1 Å². The van der Waals surface area contributed by atoms with E-state index in [4.69, 9.17) is 11.6 Å². The highest BCUT2D eigenvalue weighted by molar-refractivity contribution is 6.30. The Balaban J connectivity index is 1.74. The zero-order chi connectivity index (χ0) is 23.8. The number of nitrogens with zero attached hydrogens (tertiary/aromatic N) is 2. The first-order valence-corrected chi connectivity index (χ1v) is 11.3. The predicted octanol–water partition coefficient (Wildman–Crippen LogP) is 7.43. The van der Waals surface area contributed by atoms with Gasteiger partial charge >= 0.3 is 12.2 Å². The van der Waals surface area contributed by atoms with Crippen molar-refractivity contribution in [1.29, 1.82) is 0 Å². The standard InChI is InChI=1S/C25H27ClF3N3O/c1-2-3-4-14-32(24(33)30-22-12-10-21(26)11-13-22)18-23-9-6-15-31(23)17-19-7-5-8-20(16-19)25(27,28)29/h5-13,15-16H,2-4,14,17-18H2,1H3,(H,30,33). The van der Waals surface area contributed by atoms with E-state index < -0.39 is 11.7 Å². The van der Waals surface area contributed by atoms with Crippen LogP contribution in [0.2, 0.25) is 5.02 Å². The maximum absolute atomic E-state index is 13.1. The molecule has 0 aliphatic rings. The van der Waals surface area contributed by atoms with Gasteiger partial charge in [-0.25, -0.2) is 4.79 Å². The second kappa shape index (κ2) is 11.3. The van der Waals surface area contributed by atoms with E-state index in [9.17, 15) is 18.0 Å². The molecule has 0 fully saturated rings. The minimum Gasteiger partial charge on any atom is -0.345 e. The van der Waals surface area contributed by atoms with Crippen molar-refractivity contribution >= 4 is 23.3 Å². The minimum absolute atomic E-state index is 0.236. The summed E-state index contributed by atoms with van der Waals surface area (Å²) in [6, 6.07) is 15.7. The van der Waals surface area contributed by atoms with E-state index in [1.807, 2.05) is 22.9 Å². The molecule has 4 nitrogen and oxygen atoms in total. The van der Waals surface area contributed by atoms with E-state index in [1.165, 1.54) is 6.07 Å². The molecule has 0 atom stereocenters. The number of urea groups is 1. The van der Waals surface area contributed by atoms with E-state index >= 15 is 0 Å². The number of unbranched alkanes of at least 4 members (excludes halogenated alkanes) is 2. The fraction of sp³-hybridized carbons (Fsp3) is 0.320. The van der Waals surface area contributed by atoms with Crippen LogP contribution >= 0.6 is 11.6 Å². The molecule has 1 N–H and O–H groups in total. The zero-order valence-corrected chi connectivity index (χ0v) is 19.2. The van der Waals surface area contributed by atoms with Crippen LogP contribution in [-0.2, 0) is 19.3 Å². The largest absolute Gasteiger partial charge is 0.416 e. The van der Waals surface area contributed by atoms with E-state index in [1.54, 1.807) is 35.2 Å². The average molecular weight is 478 g/mol. The van der Waals surface area contributed by atoms with Crippen LogP contribution < -0.4 is 5.32 Å². The smallest absolute Gasteiger partial charge is 0.345 e. The lowest BCUT2D eigenvalue weighted by atomic mass is 10.1. The molecule has 3 rings (SSSR count). The Morgan fingerprint density at radius 1 is 1.06 bits per heavy atom. The summed E-state index contributed by atoms with van der Waals surface area (Å²) in [5, 5.41) is 3.48. The van der Waals surface area contributed by atoms with Crippen molar-refractivity contribution in [3.63, 3.8) is 0 Å². The summed E-state index contributed by atoms with van der Waals surface area (Å²) >= 11 is 5.92. The first-order valence-electron chi connectivity index (χ1n) is 10.9. The SMILES string of the molecule is CCCCCN(Cc1cccn1Cc1cccc(C(F)(F)F)c1)C(=O)Nc1ccc(Cl)cc1. The number of hydrogen-bond donors (Lipinski definition) is 1. The van der Waals surface area contributed by atoms with Crippen molar-refractivity contribution in [2.24, 2.45) is 0 Å². The third kappa shape index (κ3) is 7.29. The molecule has 0 bridgehead atoms. The highest BCUT2D eigenvalue weighted by Gasteiger charge is 2.30. The molecule has 0 saturated heterocycles. The van der Waals surface area contributed by atoms with Crippen LogP contribution in [0.25, 0.3) is 0 Å². The molecular formula is C25H27ClF3N3O. The van der Waals surface area contributed by atoms with Crippen LogP contribution in [0.4, 0.5) is 23.7 Å². The topological polar surface area (TPSA) is 37.3 Å². The van der Waals surface area contributed by atoms with Crippen LogP contribution in [0.1, 0.15) is 43.0 Å². The molecule has 0 aliphatic carbocycles. The third-order valence-corrected chi connectivity index (χ3v) is 5.55. The molecule has 0 unspecified atom stereocenters. The van der Waals surface area contributed by atoms with E-state index in [0.29, 0.717) is 29.4 Å². The van der Waals surface area contributed by atoms with E-state index in [-0.39, 0.29) is 12.6 Å². The lowest BCUT2D eigenvalue weighted by Crippen LogP contribution is -2.36. The maximum atomic E-state index is 13.1. The van der Waals surface area contributed by atoms with Gasteiger partial charge in [-0.2, -0.15) is 13.2 Å². The quantitative estimate of drug-likeness (QED) is 0.319. The number of rotatable bonds is 9. The number of carbonyl (C=O) groups is 1. The molecule has 0 spiro atoms. The van der Waals surface area contributed by atoms with Crippen LogP contribution in [0, 0.1) is 0 Å². The van der Waals surface area contributed by atoms with E-state index in [0.717, 1.165) is 37.1 Å². The number of alkyl halides is 3. The number of amides is 2. The van der Waals surface area contributed by atoms with Crippen LogP contribution in [0.5, 0.6) is 0 Å². The molecule has 176 valence electrons. The molecule has 3 aromatic rings. The van der Waals surface area contributed by atoms with Crippen LogP contribution in [0.15, 0.2) is 66.9 Å². The summed E-state index contributed by atoms with van der Waals surface area (Å²) in [4.78, 5) is 14.7. The predicted molar refractivity (Wildman–Crippen MR) is 125 cm³/mol. The second-order valence-electron chi connectivity index (χ2n) is 7.89. The van der Waals surface area contributed by atoms with Gasteiger partial charge in [0.25, 0.3) is 0 Å². The normalized spacial score (nSPS) is 11.4. The molecule has 2 aromatic carbocycles. The van der Waals surface area contributed by atoms with Crippen molar-refractivity contribution in [3.05, 3.63) is 88.7 Å². The van der Waals surface area contributed by atoms with Gasteiger partial charge in [-0.1, -0.05) is 43.5 Å². The second-order valence-corrected chi connectivity index (χ2v) is 8.33. The summed E-state index contributed by atoms with van der Waals surface area (Å²) in [6.07, 6.45) is 0.315. The van der Waals surface area contributed by atoms with Gasteiger partial charge in [0, 0.05) is 35.7 Å². The molecular weight excluding hydrogens is 451 g/mol. The fourth-order valence-electron chi connectivity index (χ4n) is 3.53. The third-order valence-electron chi connectivity index (χ3n) is 5.30. The van der Waals surface area contributed by atoms with Crippen LogP contribution in [0.3, 0.4) is 0 Å². The number of benzene rings is 2. The number of aromatic nitrogens is 1. The lowest BCUT2D eigenvalue weighted by Gasteiger charge is -2.24. The first kappa shape index (κ1) is 24.7. The monoisotopic (exact) mass is 477 g/mol. The van der Waals surface area contributed by atoms with Gasteiger partial charge in [-0.15, -0.1) is 0 Å². The number of nitrogens with one attached hydrogen (secondary N) is 1. The number of anilines is 1. The number of carbonyl (C=O) groups excluding carboxylic acids is 1. The molecule has 2 amide bonds. The van der Waals surface area contributed by atoms with E-state index in [2.05, 4.69) is 12.2 Å². The fourth-order valence-corrected chi connectivity index (χ4v) is 3.65. The van der Waals surface area contributed by atoms with Gasteiger partial charge in [0.15, 0.2) is 0 Å². The first-order chi connectivity index (χ1) is 15.8. The average Bonchev–Trinajstić information content (AvgIpc) is 3.21. The Morgan fingerprint density at radius 3 is 2.52 bits per heavy atom. The van der Waals surface area contributed by atoms with Gasteiger partial charge < -0.3 is 14.8 Å². The molecule has 1 aromatic heterocycles. The van der Waals surface area contributed by atoms with Crippen molar-refractivity contribution in [2.75, 3.05) is 11.9 Å². The Bertz CT molecular complexity index is 1050. The van der Waals surface area contributed by atoms with Crippen molar-refractivity contribution in [1.82, 2.24) is 9.47 Å². The summed E-state index contributed by atoms with van der Waals surface area (Å²) in [5.41, 5.74) is 1.36. The van der Waals surface area contributed by atoms with Crippen LogP contribution in [-0.4, -0.2) is 22.0 Å². The number of hydrogen-bond acceptors (Lipinski definition) is 1. The van der Waals surface area contributed by atoms with Gasteiger partial charge in [0.1, 0.15) is 0 Å². The summed E-state index contributed by atoms with van der Waals surface area (Å²) in [7, 11) is 0. The molecule has 1 heterocycles. The zero-order valence-electron chi connectivity index (χ0n) is 18.4.